The molecule has 20 heavy (non-hydrogen) atoms. The van der Waals surface area contributed by atoms with E-state index >= 15 is 0 Å². The molecule has 0 bridgehead atoms. The summed E-state index contributed by atoms with van der Waals surface area (Å²) in [6.45, 7) is 3.20. The first-order valence-corrected chi connectivity index (χ1v) is 6.87. The van der Waals surface area contributed by atoms with Gasteiger partial charge in [-0.15, -0.1) is 0 Å². The van der Waals surface area contributed by atoms with Crippen LogP contribution in [0.3, 0.4) is 0 Å². The van der Waals surface area contributed by atoms with Gasteiger partial charge in [0.1, 0.15) is 6.54 Å². The fraction of sp³-hybridized carbons (Fsp3) is 0.312. The van der Waals surface area contributed by atoms with Crippen molar-refractivity contribution >= 4 is 17.1 Å². The third-order valence-electron chi connectivity index (χ3n) is 3.00. The van der Waals surface area contributed by atoms with E-state index in [0.29, 0.717) is 0 Å². The molecule has 0 saturated heterocycles. The van der Waals surface area contributed by atoms with Gasteiger partial charge >= 0.3 is 0 Å². The summed E-state index contributed by atoms with van der Waals surface area (Å²) in [6, 6.07) is 12.0. The van der Waals surface area contributed by atoms with Crippen LogP contribution in [0.1, 0.15) is 13.3 Å². The highest BCUT2D eigenvalue weighted by Gasteiger charge is 1.98. The summed E-state index contributed by atoms with van der Waals surface area (Å²) in [5, 5.41) is 8.50. The van der Waals surface area contributed by atoms with Crippen LogP contribution in [0.2, 0.25) is 0 Å². The molecule has 0 fully saturated rings. The molecule has 0 N–H and O–H groups in total. The van der Waals surface area contributed by atoms with E-state index < -0.39 is 0 Å². The van der Waals surface area contributed by atoms with Crippen molar-refractivity contribution in [3.05, 3.63) is 48.8 Å². The Morgan fingerprint density at radius 1 is 0.900 bits per heavy atom. The van der Waals surface area contributed by atoms with E-state index in [9.17, 15) is 0 Å². The molecule has 4 heteroatoms. The molecule has 0 aliphatic rings. The third kappa shape index (κ3) is 3.88. The number of azo groups is 1. The smallest absolute Gasteiger partial charge is 0.171 e. The Bertz CT molecular complexity index is 556. The van der Waals surface area contributed by atoms with Gasteiger partial charge in [-0.25, -0.2) is 4.57 Å². The molecular formula is C16H21N4+. The Labute approximate surface area is 120 Å². The lowest BCUT2D eigenvalue weighted by atomic mass is 10.3. The van der Waals surface area contributed by atoms with Gasteiger partial charge in [-0.1, -0.05) is 6.92 Å². The fourth-order valence-corrected chi connectivity index (χ4v) is 1.86. The maximum Gasteiger partial charge on any atom is 0.171 e. The minimum absolute atomic E-state index is 0.862. The van der Waals surface area contributed by atoms with Crippen molar-refractivity contribution in [3.8, 4) is 0 Å². The maximum atomic E-state index is 4.25. The summed E-state index contributed by atoms with van der Waals surface area (Å²) in [5.41, 5.74) is 2.89. The molecule has 2 aromatic rings. The lowest BCUT2D eigenvalue weighted by Crippen LogP contribution is -2.31. The molecule has 0 aliphatic carbocycles. The highest BCUT2D eigenvalue weighted by Crippen LogP contribution is 2.20. The molecule has 0 aliphatic heterocycles. The van der Waals surface area contributed by atoms with Crippen molar-refractivity contribution in [3.63, 3.8) is 0 Å². The summed E-state index contributed by atoms with van der Waals surface area (Å²) < 4.78 is 2.14. The average molecular weight is 269 g/mol. The molecule has 2 rings (SSSR count). The number of aromatic nitrogens is 1. The van der Waals surface area contributed by atoms with Crippen molar-refractivity contribution in [2.24, 2.45) is 10.2 Å². The molecule has 0 radical (unpaired) electrons. The normalized spacial score (nSPS) is 10.9. The van der Waals surface area contributed by atoms with Crippen LogP contribution >= 0.6 is 0 Å². The first-order valence-electron chi connectivity index (χ1n) is 6.87. The Kier molecular flexibility index (Phi) is 4.82. The maximum absolute atomic E-state index is 4.25. The highest BCUT2D eigenvalue weighted by atomic mass is 15.1. The van der Waals surface area contributed by atoms with Crippen LogP contribution in [0, 0.1) is 0 Å². The number of pyridine rings is 1. The molecule has 0 saturated carbocycles. The van der Waals surface area contributed by atoms with Gasteiger partial charge in [0.15, 0.2) is 12.4 Å². The second-order valence-electron chi connectivity index (χ2n) is 4.90. The van der Waals surface area contributed by atoms with Crippen LogP contribution in [-0.4, -0.2) is 14.1 Å². The quantitative estimate of drug-likeness (QED) is 0.599. The molecule has 1 aromatic carbocycles. The van der Waals surface area contributed by atoms with Gasteiger partial charge in [-0.3, -0.25) is 0 Å². The minimum atomic E-state index is 0.862. The van der Waals surface area contributed by atoms with Gasteiger partial charge in [0.2, 0.25) is 0 Å². The summed E-state index contributed by atoms with van der Waals surface area (Å²) >= 11 is 0. The van der Waals surface area contributed by atoms with Crippen LogP contribution in [0.5, 0.6) is 0 Å². The lowest BCUT2D eigenvalue weighted by molar-refractivity contribution is -0.696. The summed E-state index contributed by atoms with van der Waals surface area (Å²) in [6.07, 6.45) is 5.20. The van der Waals surface area contributed by atoms with Crippen LogP contribution < -0.4 is 9.47 Å². The van der Waals surface area contributed by atoms with E-state index in [-0.39, 0.29) is 0 Å². The number of benzene rings is 1. The van der Waals surface area contributed by atoms with Gasteiger partial charge in [0, 0.05) is 38.3 Å². The number of nitrogens with zero attached hydrogens (tertiary/aromatic N) is 4. The zero-order valence-electron chi connectivity index (χ0n) is 12.3. The van der Waals surface area contributed by atoms with E-state index in [0.717, 1.165) is 30.0 Å². The minimum Gasteiger partial charge on any atom is -0.378 e. The zero-order valence-corrected chi connectivity index (χ0v) is 12.3. The molecule has 104 valence electrons. The Morgan fingerprint density at radius 2 is 1.45 bits per heavy atom. The Morgan fingerprint density at radius 3 is 1.95 bits per heavy atom. The number of anilines is 1. The monoisotopic (exact) mass is 269 g/mol. The van der Waals surface area contributed by atoms with Crippen molar-refractivity contribution in [1.29, 1.82) is 0 Å². The van der Waals surface area contributed by atoms with Crippen LogP contribution in [0.4, 0.5) is 17.1 Å². The molecular weight excluding hydrogens is 248 g/mol. The fourth-order valence-electron chi connectivity index (χ4n) is 1.86. The van der Waals surface area contributed by atoms with Crippen molar-refractivity contribution in [2.75, 3.05) is 19.0 Å². The van der Waals surface area contributed by atoms with Crippen LogP contribution in [-0.2, 0) is 6.54 Å². The second-order valence-corrected chi connectivity index (χ2v) is 4.90. The zero-order chi connectivity index (χ0) is 14.4. The largest absolute Gasteiger partial charge is 0.378 e. The predicted octanol–water partition coefficient (Wildman–Crippen LogP) is 3.87. The van der Waals surface area contributed by atoms with Crippen LogP contribution in [0.25, 0.3) is 0 Å². The first kappa shape index (κ1) is 14.2. The first-order chi connectivity index (χ1) is 9.69. The van der Waals surface area contributed by atoms with E-state index in [1.54, 1.807) is 0 Å². The van der Waals surface area contributed by atoms with Crippen LogP contribution in [0.15, 0.2) is 59.0 Å². The highest BCUT2D eigenvalue weighted by molar-refractivity contribution is 5.51. The Hall–Kier alpha value is -2.23. The number of hydrogen-bond acceptors (Lipinski definition) is 3. The molecule has 0 amide bonds. The standard InChI is InChI=1S/C16H21N4/c1-4-11-20-12-9-15(10-13-20)18-17-14-5-7-16(8-6-14)19(2)3/h5-10,12-13H,4,11H2,1-3H3/q+1. The van der Waals surface area contributed by atoms with Gasteiger partial charge in [0.05, 0.1) is 11.4 Å². The second kappa shape index (κ2) is 6.80. The van der Waals surface area contributed by atoms with Crippen molar-refractivity contribution in [2.45, 2.75) is 19.9 Å². The third-order valence-corrected chi connectivity index (χ3v) is 3.00. The topological polar surface area (TPSA) is 31.8 Å². The molecule has 4 nitrogen and oxygen atoms in total. The van der Waals surface area contributed by atoms with Crippen molar-refractivity contribution in [1.82, 2.24) is 0 Å². The lowest BCUT2D eigenvalue weighted by Gasteiger charge is -2.11. The van der Waals surface area contributed by atoms with E-state index in [2.05, 4.69) is 26.6 Å². The summed E-state index contributed by atoms with van der Waals surface area (Å²) in [7, 11) is 4.04. The van der Waals surface area contributed by atoms with E-state index in [4.69, 9.17) is 0 Å². The van der Waals surface area contributed by atoms with Crippen molar-refractivity contribution < 1.29 is 4.57 Å². The SMILES string of the molecule is CCC[n+]1ccc(N=Nc2ccc(N(C)C)cc2)cc1. The molecule has 1 heterocycles. The number of hydrogen-bond donors (Lipinski definition) is 0. The van der Waals surface area contributed by atoms with Gasteiger partial charge < -0.3 is 4.90 Å². The molecule has 0 atom stereocenters. The summed E-state index contributed by atoms with van der Waals surface area (Å²) in [5.74, 6) is 0. The number of rotatable bonds is 5. The van der Waals surface area contributed by atoms with Gasteiger partial charge in [0.25, 0.3) is 0 Å². The molecule has 1 aromatic heterocycles. The average Bonchev–Trinajstić information content (AvgIpc) is 2.47. The van der Waals surface area contributed by atoms with Gasteiger partial charge in [-0.2, -0.15) is 10.2 Å². The summed E-state index contributed by atoms with van der Waals surface area (Å²) in [4.78, 5) is 2.06. The van der Waals surface area contributed by atoms with Gasteiger partial charge in [-0.05, 0) is 24.3 Å². The van der Waals surface area contributed by atoms with E-state index in [1.165, 1.54) is 0 Å². The number of aryl methyl sites for hydroxylation is 1. The Balaban J connectivity index is 2.04. The molecule has 0 unspecified atom stereocenters. The predicted molar refractivity (Wildman–Crippen MR) is 81.9 cm³/mol. The molecule has 0 spiro atoms. The van der Waals surface area contributed by atoms with E-state index in [1.807, 2.05) is 62.9 Å².